The zero-order valence-electron chi connectivity index (χ0n) is 8.71. The number of nitroso groups, excluding NO2 is 2. The summed E-state index contributed by atoms with van der Waals surface area (Å²) in [7, 11) is 0. The summed E-state index contributed by atoms with van der Waals surface area (Å²) in [6.45, 7) is 7.35. The van der Waals surface area contributed by atoms with Crippen LogP contribution in [-0.4, -0.2) is 0 Å². The van der Waals surface area contributed by atoms with Crippen molar-refractivity contribution in [3.05, 3.63) is 32.1 Å². The first kappa shape index (κ1) is 10.5. The SMILES string of the molecule is Cc1c(C)c(C)c(N=O)c(N=O)c1C. The molecule has 0 spiro atoms. The van der Waals surface area contributed by atoms with Gasteiger partial charge in [-0.1, -0.05) is 0 Å². The molecule has 0 aromatic heterocycles. The molecule has 0 saturated heterocycles. The summed E-state index contributed by atoms with van der Waals surface area (Å²) in [5.74, 6) is 0. The maximum absolute atomic E-state index is 10.6. The smallest absolute Gasteiger partial charge is 0.140 e. The summed E-state index contributed by atoms with van der Waals surface area (Å²) in [5.41, 5.74) is 3.78. The van der Waals surface area contributed by atoms with E-state index in [1.54, 1.807) is 13.8 Å². The minimum Gasteiger partial charge on any atom is -0.145 e. The van der Waals surface area contributed by atoms with E-state index in [0.717, 1.165) is 22.3 Å². The van der Waals surface area contributed by atoms with Gasteiger partial charge in [-0.3, -0.25) is 0 Å². The molecule has 1 rings (SSSR count). The molecule has 0 aliphatic carbocycles. The Hall–Kier alpha value is -1.58. The van der Waals surface area contributed by atoms with Crippen LogP contribution < -0.4 is 0 Å². The molecule has 0 bridgehead atoms. The molecule has 0 N–H and O–H groups in total. The predicted molar refractivity (Wildman–Crippen MR) is 56.3 cm³/mol. The summed E-state index contributed by atoms with van der Waals surface area (Å²) in [6.07, 6.45) is 0. The van der Waals surface area contributed by atoms with Crippen molar-refractivity contribution >= 4 is 11.4 Å². The van der Waals surface area contributed by atoms with Gasteiger partial charge in [0.25, 0.3) is 0 Å². The fourth-order valence-electron chi connectivity index (χ4n) is 1.50. The third kappa shape index (κ3) is 1.32. The molecule has 0 saturated carbocycles. The molecular formula is C10H12N2O2. The Kier molecular flexibility index (Phi) is 2.74. The van der Waals surface area contributed by atoms with Crippen LogP contribution in [0.25, 0.3) is 0 Å². The van der Waals surface area contributed by atoms with Crippen LogP contribution in [0.15, 0.2) is 10.4 Å². The first-order chi connectivity index (χ1) is 6.54. The van der Waals surface area contributed by atoms with Gasteiger partial charge in [0.15, 0.2) is 0 Å². The number of rotatable bonds is 2. The van der Waals surface area contributed by atoms with E-state index >= 15 is 0 Å². The monoisotopic (exact) mass is 192 g/mol. The van der Waals surface area contributed by atoms with Crippen molar-refractivity contribution in [1.29, 1.82) is 0 Å². The van der Waals surface area contributed by atoms with E-state index in [0.29, 0.717) is 0 Å². The van der Waals surface area contributed by atoms with Crippen molar-refractivity contribution in [1.82, 2.24) is 0 Å². The lowest BCUT2D eigenvalue weighted by Gasteiger charge is -2.11. The number of hydrogen-bond acceptors (Lipinski definition) is 4. The summed E-state index contributed by atoms with van der Waals surface area (Å²) in [5, 5.41) is 5.72. The Morgan fingerprint density at radius 2 is 0.929 bits per heavy atom. The standard InChI is InChI=1S/C10H12N2O2/c1-5-6(2)8(4)10(12-14)9(11-13)7(5)3/h1-4H3. The number of nitrogens with zero attached hydrogens (tertiary/aromatic N) is 2. The maximum Gasteiger partial charge on any atom is 0.140 e. The van der Waals surface area contributed by atoms with Crippen LogP contribution in [-0.2, 0) is 0 Å². The summed E-state index contributed by atoms with van der Waals surface area (Å²) >= 11 is 0. The Labute approximate surface area is 82.3 Å². The highest BCUT2D eigenvalue weighted by Crippen LogP contribution is 2.38. The highest BCUT2D eigenvalue weighted by atomic mass is 16.3. The topological polar surface area (TPSA) is 58.9 Å². The van der Waals surface area contributed by atoms with Crippen molar-refractivity contribution in [3.63, 3.8) is 0 Å². The first-order valence-corrected chi connectivity index (χ1v) is 4.31. The van der Waals surface area contributed by atoms with Crippen LogP contribution in [0, 0.1) is 37.5 Å². The Morgan fingerprint density at radius 1 is 0.643 bits per heavy atom. The van der Waals surface area contributed by atoms with Crippen LogP contribution >= 0.6 is 0 Å². The Balaban J connectivity index is 3.73. The van der Waals surface area contributed by atoms with Gasteiger partial charge in [0.2, 0.25) is 0 Å². The molecule has 0 aliphatic rings. The lowest BCUT2D eigenvalue weighted by molar-refractivity contribution is 1.19. The van der Waals surface area contributed by atoms with Gasteiger partial charge < -0.3 is 0 Å². The second-order valence-electron chi connectivity index (χ2n) is 3.38. The number of hydrogen-bond donors (Lipinski definition) is 0. The van der Waals surface area contributed by atoms with Crippen molar-refractivity contribution in [2.45, 2.75) is 27.7 Å². The van der Waals surface area contributed by atoms with E-state index in [-0.39, 0.29) is 11.4 Å². The third-order valence-electron chi connectivity index (χ3n) is 2.80. The molecule has 4 heteroatoms. The van der Waals surface area contributed by atoms with Crippen molar-refractivity contribution < 1.29 is 0 Å². The quantitative estimate of drug-likeness (QED) is 0.670. The van der Waals surface area contributed by atoms with E-state index in [2.05, 4.69) is 10.4 Å². The zero-order chi connectivity index (χ0) is 10.9. The molecule has 1 aromatic rings. The van der Waals surface area contributed by atoms with E-state index in [4.69, 9.17) is 0 Å². The van der Waals surface area contributed by atoms with E-state index in [9.17, 15) is 9.81 Å². The highest BCUT2D eigenvalue weighted by Gasteiger charge is 2.16. The molecule has 0 fully saturated rings. The Morgan fingerprint density at radius 3 is 1.14 bits per heavy atom. The van der Waals surface area contributed by atoms with Crippen molar-refractivity contribution in [2.75, 3.05) is 0 Å². The maximum atomic E-state index is 10.6. The molecule has 0 unspecified atom stereocenters. The lowest BCUT2D eigenvalue weighted by Crippen LogP contribution is -1.92. The number of benzene rings is 1. The van der Waals surface area contributed by atoms with E-state index < -0.39 is 0 Å². The molecule has 1 aromatic carbocycles. The summed E-state index contributed by atoms with van der Waals surface area (Å²) in [6, 6.07) is 0. The minimum absolute atomic E-state index is 0.167. The van der Waals surface area contributed by atoms with Gasteiger partial charge in [0, 0.05) is 0 Å². The molecule has 0 radical (unpaired) electrons. The zero-order valence-corrected chi connectivity index (χ0v) is 8.71. The fourth-order valence-corrected chi connectivity index (χ4v) is 1.50. The van der Waals surface area contributed by atoms with Crippen LogP contribution in [0.1, 0.15) is 22.3 Å². The molecule has 0 atom stereocenters. The van der Waals surface area contributed by atoms with Crippen LogP contribution in [0.3, 0.4) is 0 Å². The van der Waals surface area contributed by atoms with Crippen LogP contribution in [0.2, 0.25) is 0 Å². The molecule has 74 valence electrons. The second kappa shape index (κ2) is 3.65. The highest BCUT2D eigenvalue weighted by molar-refractivity contribution is 5.73. The van der Waals surface area contributed by atoms with Gasteiger partial charge in [-0.25, -0.2) is 0 Å². The van der Waals surface area contributed by atoms with E-state index in [1.165, 1.54) is 0 Å². The molecular weight excluding hydrogens is 180 g/mol. The molecule has 14 heavy (non-hydrogen) atoms. The molecule has 0 heterocycles. The van der Waals surface area contributed by atoms with Gasteiger partial charge in [-0.2, -0.15) is 0 Å². The van der Waals surface area contributed by atoms with Crippen molar-refractivity contribution in [2.24, 2.45) is 10.4 Å². The average Bonchev–Trinajstić information content (AvgIpc) is 2.20. The third-order valence-corrected chi connectivity index (χ3v) is 2.80. The van der Waals surface area contributed by atoms with Crippen LogP contribution in [0.4, 0.5) is 11.4 Å². The predicted octanol–water partition coefficient (Wildman–Crippen LogP) is 3.72. The van der Waals surface area contributed by atoms with Gasteiger partial charge >= 0.3 is 0 Å². The summed E-state index contributed by atoms with van der Waals surface area (Å²) < 4.78 is 0. The average molecular weight is 192 g/mol. The Bertz CT molecular complexity index is 372. The fraction of sp³-hybridized carbons (Fsp3) is 0.400. The largest absolute Gasteiger partial charge is 0.145 e. The molecule has 0 amide bonds. The van der Waals surface area contributed by atoms with Gasteiger partial charge in [-0.15, -0.1) is 9.81 Å². The van der Waals surface area contributed by atoms with Crippen molar-refractivity contribution in [3.8, 4) is 0 Å². The van der Waals surface area contributed by atoms with Gasteiger partial charge in [-0.05, 0) is 60.3 Å². The minimum atomic E-state index is 0.167. The molecule has 0 aliphatic heterocycles. The first-order valence-electron chi connectivity index (χ1n) is 4.31. The van der Waals surface area contributed by atoms with Gasteiger partial charge in [0.05, 0.1) is 0 Å². The normalized spacial score (nSPS) is 10.0. The van der Waals surface area contributed by atoms with Gasteiger partial charge in [0.1, 0.15) is 11.4 Å². The molecule has 4 nitrogen and oxygen atoms in total. The lowest BCUT2D eigenvalue weighted by atomic mass is 9.96. The second-order valence-corrected chi connectivity index (χ2v) is 3.38. The summed E-state index contributed by atoms with van der Waals surface area (Å²) in [4.78, 5) is 21.1. The van der Waals surface area contributed by atoms with E-state index in [1.807, 2.05) is 13.8 Å². The van der Waals surface area contributed by atoms with Crippen LogP contribution in [0.5, 0.6) is 0 Å².